The summed E-state index contributed by atoms with van der Waals surface area (Å²) in [5.41, 5.74) is 1.74. The quantitative estimate of drug-likeness (QED) is 0.375. The number of benzene rings is 2. The standard InChI is InChI=1S/C29H31FN4O4/c1-18-14-20-21(31-18)5-6-23(27(20)30)38-26-7-4-19-15-24(36-3)25(16-22(19)32-26)37-17-29(8-9-29)28(35)34-12-10-33(2)11-13-34/h4-7,14-16,31H,8-13,17H2,1-3H3. The topological polar surface area (TPSA) is 79.9 Å². The number of rotatable bonds is 7. The Morgan fingerprint density at radius 3 is 2.58 bits per heavy atom. The van der Waals surface area contributed by atoms with E-state index in [9.17, 15) is 4.79 Å². The molecule has 198 valence electrons. The second kappa shape index (κ2) is 9.47. The minimum atomic E-state index is -0.471. The average Bonchev–Trinajstić information content (AvgIpc) is 3.62. The van der Waals surface area contributed by atoms with E-state index in [1.807, 2.05) is 24.0 Å². The number of likely N-dealkylation sites (N-methyl/N-ethyl adjacent to an activating group) is 1. The number of fused-ring (bicyclic) bond motifs is 2. The summed E-state index contributed by atoms with van der Waals surface area (Å²) in [5, 5.41) is 1.30. The highest BCUT2D eigenvalue weighted by atomic mass is 19.1. The van der Waals surface area contributed by atoms with Gasteiger partial charge in [0.1, 0.15) is 6.61 Å². The number of halogens is 1. The molecule has 3 heterocycles. The summed E-state index contributed by atoms with van der Waals surface area (Å²) in [4.78, 5) is 25.2. The summed E-state index contributed by atoms with van der Waals surface area (Å²) >= 11 is 0. The van der Waals surface area contributed by atoms with Gasteiger partial charge in [-0.05, 0) is 57.1 Å². The first kappa shape index (κ1) is 24.5. The van der Waals surface area contributed by atoms with E-state index in [0.717, 1.165) is 50.1 Å². The number of methoxy groups -OCH3 is 1. The van der Waals surface area contributed by atoms with Crippen LogP contribution in [0.3, 0.4) is 0 Å². The van der Waals surface area contributed by atoms with Crippen molar-refractivity contribution in [3.63, 3.8) is 0 Å². The molecule has 9 heteroatoms. The highest BCUT2D eigenvalue weighted by Crippen LogP contribution is 2.48. The van der Waals surface area contributed by atoms with Crippen molar-refractivity contribution < 1.29 is 23.4 Å². The van der Waals surface area contributed by atoms with Crippen molar-refractivity contribution in [3.05, 3.63) is 54.0 Å². The number of hydrogen-bond acceptors (Lipinski definition) is 6. The SMILES string of the molecule is COc1cc2ccc(Oc3ccc4[nH]c(C)cc4c3F)nc2cc1OCC1(C(=O)N2CCN(C)CC2)CC1. The van der Waals surface area contributed by atoms with Crippen LogP contribution in [0.2, 0.25) is 0 Å². The number of aromatic amines is 1. The van der Waals surface area contributed by atoms with Crippen LogP contribution in [0, 0.1) is 18.2 Å². The molecule has 0 atom stereocenters. The van der Waals surface area contributed by atoms with Crippen molar-refractivity contribution in [2.75, 3.05) is 46.9 Å². The molecule has 1 N–H and O–H groups in total. The number of nitrogens with zero attached hydrogens (tertiary/aromatic N) is 3. The zero-order valence-corrected chi connectivity index (χ0v) is 21.8. The number of aryl methyl sites for hydroxylation is 1. The van der Waals surface area contributed by atoms with Gasteiger partial charge < -0.3 is 29.0 Å². The fourth-order valence-corrected chi connectivity index (χ4v) is 5.05. The van der Waals surface area contributed by atoms with Crippen LogP contribution in [0.4, 0.5) is 4.39 Å². The second-order valence-electron chi connectivity index (χ2n) is 10.4. The predicted octanol–water partition coefficient (Wildman–Crippen LogP) is 4.90. The maximum atomic E-state index is 15.0. The summed E-state index contributed by atoms with van der Waals surface area (Å²) < 4.78 is 32.6. The molecule has 0 unspecified atom stereocenters. The van der Waals surface area contributed by atoms with Gasteiger partial charge in [0.2, 0.25) is 11.8 Å². The van der Waals surface area contributed by atoms with Crippen LogP contribution in [0.5, 0.6) is 23.1 Å². The molecule has 38 heavy (non-hydrogen) atoms. The zero-order chi connectivity index (χ0) is 26.4. The number of H-pyrrole nitrogens is 1. The van der Waals surface area contributed by atoms with Gasteiger partial charge in [0.25, 0.3) is 0 Å². The lowest BCUT2D eigenvalue weighted by Crippen LogP contribution is -2.50. The first-order valence-electron chi connectivity index (χ1n) is 12.9. The molecule has 4 aromatic rings. The predicted molar refractivity (Wildman–Crippen MR) is 143 cm³/mol. The van der Waals surface area contributed by atoms with Crippen molar-refractivity contribution in [3.8, 4) is 23.1 Å². The molecule has 0 spiro atoms. The second-order valence-corrected chi connectivity index (χ2v) is 10.4. The van der Waals surface area contributed by atoms with Crippen LogP contribution in [0.15, 0.2) is 42.5 Å². The van der Waals surface area contributed by atoms with Gasteiger partial charge in [-0.2, -0.15) is 0 Å². The van der Waals surface area contributed by atoms with Gasteiger partial charge in [-0.3, -0.25) is 4.79 Å². The van der Waals surface area contributed by atoms with Crippen LogP contribution in [-0.2, 0) is 4.79 Å². The summed E-state index contributed by atoms with van der Waals surface area (Å²) in [6.07, 6.45) is 1.64. The lowest BCUT2D eigenvalue weighted by molar-refractivity contribution is -0.139. The first-order chi connectivity index (χ1) is 18.3. The van der Waals surface area contributed by atoms with Crippen molar-refractivity contribution in [1.29, 1.82) is 0 Å². The highest BCUT2D eigenvalue weighted by molar-refractivity contribution is 5.86. The van der Waals surface area contributed by atoms with Gasteiger partial charge in [0.05, 0.1) is 18.0 Å². The van der Waals surface area contributed by atoms with Gasteiger partial charge in [-0.1, -0.05) is 0 Å². The molecular formula is C29H31FN4O4. The summed E-state index contributed by atoms with van der Waals surface area (Å²) in [7, 11) is 3.66. The first-order valence-corrected chi connectivity index (χ1v) is 12.9. The Labute approximate surface area is 220 Å². The van der Waals surface area contributed by atoms with Crippen LogP contribution >= 0.6 is 0 Å². The van der Waals surface area contributed by atoms with E-state index in [0.29, 0.717) is 27.9 Å². The van der Waals surface area contributed by atoms with Crippen LogP contribution < -0.4 is 14.2 Å². The monoisotopic (exact) mass is 518 g/mol. The summed E-state index contributed by atoms with van der Waals surface area (Å²) in [6, 6.07) is 12.3. The number of carbonyl (C=O) groups excluding carboxylic acids is 1. The largest absolute Gasteiger partial charge is 0.493 e. The van der Waals surface area contributed by atoms with Gasteiger partial charge in [-0.25, -0.2) is 9.37 Å². The molecule has 2 aromatic carbocycles. The number of piperazine rings is 1. The lowest BCUT2D eigenvalue weighted by Gasteiger charge is -2.34. The number of aromatic nitrogens is 2. The number of carbonyl (C=O) groups is 1. The molecule has 2 aliphatic rings. The fraction of sp³-hybridized carbons (Fsp3) is 0.379. The summed E-state index contributed by atoms with van der Waals surface area (Å²) in [6.45, 7) is 5.45. The Morgan fingerprint density at radius 2 is 1.84 bits per heavy atom. The average molecular weight is 519 g/mol. The third-order valence-electron chi connectivity index (χ3n) is 7.60. The zero-order valence-electron chi connectivity index (χ0n) is 21.8. The lowest BCUT2D eigenvalue weighted by atomic mass is 10.1. The molecular weight excluding hydrogens is 487 g/mol. The maximum absolute atomic E-state index is 15.0. The molecule has 6 rings (SSSR count). The van der Waals surface area contributed by atoms with Crippen molar-refractivity contribution in [2.24, 2.45) is 5.41 Å². The van der Waals surface area contributed by atoms with Crippen LogP contribution in [-0.4, -0.2) is 72.6 Å². The van der Waals surface area contributed by atoms with E-state index in [-0.39, 0.29) is 24.1 Å². The van der Waals surface area contributed by atoms with E-state index in [1.165, 1.54) is 0 Å². The molecule has 1 saturated carbocycles. The molecule has 1 aliphatic carbocycles. The molecule has 2 fully saturated rings. The van der Waals surface area contributed by atoms with Crippen LogP contribution in [0.1, 0.15) is 18.5 Å². The van der Waals surface area contributed by atoms with Crippen molar-refractivity contribution in [2.45, 2.75) is 19.8 Å². The molecule has 0 bridgehead atoms. The Balaban J connectivity index is 1.22. The summed E-state index contributed by atoms with van der Waals surface area (Å²) in [5.74, 6) is 1.19. The number of pyridine rings is 1. The van der Waals surface area contributed by atoms with Gasteiger partial charge in [0, 0.05) is 60.3 Å². The normalized spacial score (nSPS) is 17.1. The van der Waals surface area contributed by atoms with Gasteiger partial charge in [-0.15, -0.1) is 0 Å². The molecule has 0 radical (unpaired) electrons. The molecule has 8 nitrogen and oxygen atoms in total. The van der Waals surface area contributed by atoms with Crippen LogP contribution in [0.25, 0.3) is 21.8 Å². The highest BCUT2D eigenvalue weighted by Gasteiger charge is 2.52. The van der Waals surface area contributed by atoms with Crippen molar-refractivity contribution in [1.82, 2.24) is 19.8 Å². The fourth-order valence-electron chi connectivity index (χ4n) is 5.05. The number of amides is 1. The van der Waals surface area contributed by atoms with E-state index in [2.05, 4.69) is 21.9 Å². The minimum Gasteiger partial charge on any atom is -0.493 e. The number of hydrogen-bond donors (Lipinski definition) is 1. The van der Waals surface area contributed by atoms with Crippen molar-refractivity contribution >= 4 is 27.7 Å². The Morgan fingerprint density at radius 1 is 1.05 bits per heavy atom. The number of ether oxygens (including phenoxy) is 3. The molecule has 2 aromatic heterocycles. The third kappa shape index (κ3) is 4.51. The van der Waals surface area contributed by atoms with Gasteiger partial charge in [0.15, 0.2) is 23.1 Å². The third-order valence-corrected chi connectivity index (χ3v) is 7.60. The Hall–Kier alpha value is -3.85. The molecule has 1 saturated heterocycles. The van der Waals surface area contributed by atoms with Gasteiger partial charge >= 0.3 is 0 Å². The smallest absolute Gasteiger partial charge is 0.232 e. The maximum Gasteiger partial charge on any atom is 0.232 e. The molecule has 1 amide bonds. The van der Waals surface area contributed by atoms with E-state index >= 15 is 4.39 Å². The van der Waals surface area contributed by atoms with E-state index < -0.39 is 11.2 Å². The molecule has 1 aliphatic heterocycles. The minimum absolute atomic E-state index is 0.103. The number of nitrogens with one attached hydrogen (secondary N) is 1. The Kier molecular flexibility index (Phi) is 6.10. The van der Waals surface area contributed by atoms with E-state index in [1.54, 1.807) is 37.4 Å². The Bertz CT molecular complexity index is 1520. The van der Waals surface area contributed by atoms with E-state index in [4.69, 9.17) is 14.2 Å².